The molecule has 0 amide bonds. The van der Waals surface area contributed by atoms with Crippen LogP contribution in [0, 0.1) is 5.92 Å². The van der Waals surface area contributed by atoms with Crippen LogP contribution >= 0.6 is 0 Å². The number of piperazine rings is 1. The van der Waals surface area contributed by atoms with Crippen molar-refractivity contribution in [1.29, 1.82) is 0 Å². The summed E-state index contributed by atoms with van der Waals surface area (Å²) < 4.78 is 0. The maximum absolute atomic E-state index is 2.77. The van der Waals surface area contributed by atoms with E-state index in [1.54, 1.807) is 0 Å². The molecule has 0 unspecified atom stereocenters. The lowest BCUT2D eigenvalue weighted by molar-refractivity contribution is 0.0470. The molecule has 17 heavy (non-hydrogen) atoms. The average Bonchev–Trinajstić information content (AvgIpc) is 2.78. The van der Waals surface area contributed by atoms with Crippen LogP contribution in [0.2, 0.25) is 0 Å². The van der Waals surface area contributed by atoms with E-state index in [2.05, 4.69) is 28.9 Å². The lowest BCUT2D eigenvalue weighted by Crippen LogP contribution is -2.55. The molecule has 0 aromatic heterocycles. The molecule has 2 fully saturated rings. The number of hydrogen-bond acceptors (Lipinski definition) is 2. The second-order valence-electron chi connectivity index (χ2n) is 6.24. The second kappa shape index (κ2) is 5.11. The minimum absolute atomic E-state index is 0.773. The topological polar surface area (TPSA) is 6.48 Å². The molecule has 1 aliphatic carbocycles. The lowest BCUT2D eigenvalue weighted by Gasteiger charge is -2.43. The summed E-state index contributed by atoms with van der Waals surface area (Å²) in [6.07, 6.45) is 11.7. The van der Waals surface area contributed by atoms with Gasteiger partial charge in [-0.2, -0.15) is 0 Å². The molecule has 0 spiro atoms. The highest BCUT2D eigenvalue weighted by atomic mass is 15.3. The maximum Gasteiger partial charge on any atom is 0.0224 e. The Morgan fingerprint density at radius 3 is 2.94 bits per heavy atom. The molecule has 0 saturated carbocycles. The van der Waals surface area contributed by atoms with Crippen LogP contribution in [0.15, 0.2) is 12.2 Å². The van der Waals surface area contributed by atoms with Gasteiger partial charge in [0, 0.05) is 31.7 Å². The van der Waals surface area contributed by atoms with Crippen LogP contribution in [0.5, 0.6) is 0 Å². The SMILES string of the molecule is C[C@@H]1CN2CCC[C@@H]2CN1C[C@@H]1CC=CCC1. The van der Waals surface area contributed by atoms with Crippen molar-refractivity contribution < 1.29 is 0 Å². The van der Waals surface area contributed by atoms with E-state index in [1.165, 1.54) is 58.3 Å². The Morgan fingerprint density at radius 1 is 1.18 bits per heavy atom. The van der Waals surface area contributed by atoms with Gasteiger partial charge in [0.05, 0.1) is 0 Å². The Hall–Kier alpha value is -0.340. The summed E-state index contributed by atoms with van der Waals surface area (Å²) in [5.41, 5.74) is 0. The van der Waals surface area contributed by atoms with Gasteiger partial charge in [0.25, 0.3) is 0 Å². The number of nitrogens with zero attached hydrogens (tertiary/aromatic N) is 2. The molecule has 2 aliphatic heterocycles. The largest absolute Gasteiger partial charge is 0.298 e. The summed E-state index contributed by atoms with van der Waals surface area (Å²) in [4.78, 5) is 5.50. The van der Waals surface area contributed by atoms with E-state index < -0.39 is 0 Å². The third-order valence-electron chi connectivity index (χ3n) is 4.94. The van der Waals surface area contributed by atoms with Gasteiger partial charge in [-0.3, -0.25) is 9.80 Å². The lowest BCUT2D eigenvalue weighted by atomic mass is 9.93. The van der Waals surface area contributed by atoms with E-state index in [4.69, 9.17) is 0 Å². The fourth-order valence-electron chi connectivity index (χ4n) is 3.86. The molecule has 0 bridgehead atoms. The van der Waals surface area contributed by atoms with Crippen LogP contribution in [0.1, 0.15) is 39.0 Å². The highest BCUT2D eigenvalue weighted by Gasteiger charge is 2.34. The normalized spacial score (nSPS) is 39.5. The molecule has 2 heteroatoms. The van der Waals surface area contributed by atoms with Crippen molar-refractivity contribution in [2.24, 2.45) is 5.92 Å². The minimum atomic E-state index is 0.773. The summed E-state index contributed by atoms with van der Waals surface area (Å²) in [5.74, 6) is 0.926. The van der Waals surface area contributed by atoms with Crippen LogP contribution < -0.4 is 0 Å². The van der Waals surface area contributed by atoms with Gasteiger partial charge < -0.3 is 0 Å². The number of rotatable bonds is 2. The molecule has 2 heterocycles. The van der Waals surface area contributed by atoms with E-state index in [-0.39, 0.29) is 0 Å². The van der Waals surface area contributed by atoms with Crippen molar-refractivity contribution in [2.45, 2.75) is 51.1 Å². The first-order chi connectivity index (χ1) is 8.33. The van der Waals surface area contributed by atoms with Gasteiger partial charge in [-0.1, -0.05) is 12.2 Å². The van der Waals surface area contributed by atoms with E-state index >= 15 is 0 Å². The fraction of sp³-hybridized carbons (Fsp3) is 0.867. The van der Waals surface area contributed by atoms with Crippen LogP contribution in [0.3, 0.4) is 0 Å². The Morgan fingerprint density at radius 2 is 2.12 bits per heavy atom. The molecule has 0 N–H and O–H groups in total. The van der Waals surface area contributed by atoms with Crippen molar-refractivity contribution in [1.82, 2.24) is 9.80 Å². The van der Waals surface area contributed by atoms with E-state index in [0.29, 0.717) is 0 Å². The van der Waals surface area contributed by atoms with Crippen LogP contribution in [0.4, 0.5) is 0 Å². The van der Waals surface area contributed by atoms with Crippen molar-refractivity contribution >= 4 is 0 Å². The first kappa shape index (κ1) is 11.7. The Kier molecular flexibility index (Phi) is 3.53. The summed E-state index contributed by atoms with van der Waals surface area (Å²) in [6, 6.07) is 1.65. The standard InChI is InChI=1S/C15H26N2/c1-13-10-16-9-5-8-15(16)12-17(13)11-14-6-3-2-4-7-14/h2-3,13-15H,4-12H2,1H3/t13-,14-,15-/m1/s1. The van der Waals surface area contributed by atoms with Crippen molar-refractivity contribution in [2.75, 3.05) is 26.2 Å². The minimum Gasteiger partial charge on any atom is -0.298 e. The van der Waals surface area contributed by atoms with Gasteiger partial charge in [0.2, 0.25) is 0 Å². The van der Waals surface area contributed by atoms with Gasteiger partial charge in [-0.05, 0) is 51.5 Å². The highest BCUT2D eigenvalue weighted by Crippen LogP contribution is 2.27. The zero-order valence-electron chi connectivity index (χ0n) is 11.1. The molecule has 3 atom stereocenters. The molecule has 3 rings (SSSR count). The number of hydrogen-bond donors (Lipinski definition) is 0. The average molecular weight is 234 g/mol. The molecule has 96 valence electrons. The summed E-state index contributed by atoms with van der Waals surface area (Å²) in [5, 5.41) is 0. The van der Waals surface area contributed by atoms with Gasteiger partial charge >= 0.3 is 0 Å². The molecule has 0 aromatic rings. The van der Waals surface area contributed by atoms with E-state index in [9.17, 15) is 0 Å². The number of fused-ring (bicyclic) bond motifs is 1. The van der Waals surface area contributed by atoms with Gasteiger partial charge in [-0.15, -0.1) is 0 Å². The summed E-state index contributed by atoms with van der Waals surface area (Å²) in [7, 11) is 0. The molecule has 3 aliphatic rings. The Bertz CT molecular complexity index is 287. The second-order valence-corrected chi connectivity index (χ2v) is 6.24. The Labute approximate surface area is 106 Å². The molecule has 2 nitrogen and oxygen atoms in total. The quantitative estimate of drug-likeness (QED) is 0.677. The van der Waals surface area contributed by atoms with Crippen molar-refractivity contribution in [3.05, 3.63) is 12.2 Å². The third-order valence-corrected chi connectivity index (χ3v) is 4.94. The van der Waals surface area contributed by atoms with Crippen LogP contribution in [-0.2, 0) is 0 Å². The van der Waals surface area contributed by atoms with Gasteiger partial charge in [0.1, 0.15) is 0 Å². The zero-order valence-corrected chi connectivity index (χ0v) is 11.1. The number of allylic oxidation sites excluding steroid dienone is 2. The van der Waals surface area contributed by atoms with E-state index in [0.717, 1.165) is 18.0 Å². The molecule has 0 radical (unpaired) electrons. The first-order valence-corrected chi connectivity index (χ1v) is 7.46. The predicted molar refractivity (Wildman–Crippen MR) is 72.1 cm³/mol. The third kappa shape index (κ3) is 2.58. The van der Waals surface area contributed by atoms with Crippen molar-refractivity contribution in [3.63, 3.8) is 0 Å². The molecular formula is C15H26N2. The molecular weight excluding hydrogens is 208 g/mol. The predicted octanol–water partition coefficient (Wildman–Crippen LogP) is 2.51. The maximum atomic E-state index is 2.77. The van der Waals surface area contributed by atoms with Crippen LogP contribution in [0.25, 0.3) is 0 Å². The molecule has 0 aromatic carbocycles. The first-order valence-electron chi connectivity index (χ1n) is 7.46. The molecule has 2 saturated heterocycles. The smallest absolute Gasteiger partial charge is 0.0224 e. The summed E-state index contributed by atoms with van der Waals surface area (Å²) >= 11 is 0. The van der Waals surface area contributed by atoms with Gasteiger partial charge in [-0.25, -0.2) is 0 Å². The monoisotopic (exact) mass is 234 g/mol. The van der Waals surface area contributed by atoms with Crippen molar-refractivity contribution in [3.8, 4) is 0 Å². The summed E-state index contributed by atoms with van der Waals surface area (Å²) in [6.45, 7) is 7.77. The zero-order chi connectivity index (χ0) is 11.7. The van der Waals surface area contributed by atoms with Gasteiger partial charge in [0.15, 0.2) is 0 Å². The Balaban J connectivity index is 1.57. The van der Waals surface area contributed by atoms with Crippen LogP contribution in [-0.4, -0.2) is 48.1 Å². The highest BCUT2D eigenvalue weighted by molar-refractivity contribution is 4.94. The fourth-order valence-corrected chi connectivity index (χ4v) is 3.86. The van der Waals surface area contributed by atoms with E-state index in [1.807, 2.05) is 0 Å².